The smallest absolute Gasteiger partial charge is 0.262 e. The summed E-state index contributed by atoms with van der Waals surface area (Å²) in [6.07, 6.45) is 7.11. The normalized spacial score (nSPS) is 18.0. The number of nitrogens with one attached hydrogen (secondary N) is 1. The van der Waals surface area contributed by atoms with E-state index in [4.69, 9.17) is 14.6 Å². The summed E-state index contributed by atoms with van der Waals surface area (Å²) in [7, 11) is 0. The number of rotatable bonds is 12. The number of aryl methyl sites for hydroxylation is 1. The summed E-state index contributed by atoms with van der Waals surface area (Å²) < 4.78 is 14.1. The quantitative estimate of drug-likeness (QED) is 0.123. The van der Waals surface area contributed by atoms with Gasteiger partial charge >= 0.3 is 0 Å². The predicted molar refractivity (Wildman–Crippen MR) is 232 cm³/mol. The molecule has 14 nitrogen and oxygen atoms in total. The van der Waals surface area contributed by atoms with Gasteiger partial charge in [0.25, 0.3) is 11.8 Å². The Labute approximate surface area is 359 Å². The first-order valence-corrected chi connectivity index (χ1v) is 21.3. The summed E-state index contributed by atoms with van der Waals surface area (Å²) in [6, 6.07) is 20.8. The van der Waals surface area contributed by atoms with Gasteiger partial charge in [-0.3, -0.25) is 44.1 Å². The van der Waals surface area contributed by atoms with Crippen LogP contribution < -0.4 is 15.0 Å². The fraction of sp³-hybridized carbons (Fsp3) is 0.354. The van der Waals surface area contributed by atoms with E-state index < -0.39 is 35.1 Å². The predicted octanol–water partition coefficient (Wildman–Crippen LogP) is 5.65. The number of carbonyl (C=O) groups is 5. The van der Waals surface area contributed by atoms with E-state index in [2.05, 4.69) is 56.6 Å². The third-order valence-electron chi connectivity index (χ3n) is 12.2. The van der Waals surface area contributed by atoms with E-state index in [0.717, 1.165) is 88.9 Å². The number of nitrogens with zero attached hydrogens (tertiary/aromatic N) is 6. The number of hydrogen-bond donors (Lipinski definition) is 1. The number of anilines is 1. The van der Waals surface area contributed by atoms with Crippen molar-refractivity contribution < 1.29 is 33.4 Å². The monoisotopic (exact) mass is 835 g/mol. The molecule has 1 unspecified atom stereocenters. The van der Waals surface area contributed by atoms with Crippen molar-refractivity contribution in [3.63, 3.8) is 0 Å². The number of aromatic nitrogens is 3. The molecule has 2 fully saturated rings. The van der Waals surface area contributed by atoms with Crippen molar-refractivity contribution in [1.82, 2.24) is 29.9 Å². The Balaban J connectivity index is 0.769. The largest absolute Gasteiger partial charge is 0.491 e. The Morgan fingerprint density at radius 1 is 0.742 bits per heavy atom. The lowest BCUT2D eigenvalue weighted by atomic mass is 9.81. The molecule has 4 amide bonds. The van der Waals surface area contributed by atoms with Crippen LogP contribution in [0.25, 0.3) is 28.1 Å². The van der Waals surface area contributed by atoms with Crippen molar-refractivity contribution in [2.24, 2.45) is 0 Å². The first-order chi connectivity index (χ1) is 29.9. The van der Waals surface area contributed by atoms with E-state index >= 15 is 0 Å². The van der Waals surface area contributed by atoms with Crippen LogP contribution in [0.1, 0.15) is 82.2 Å². The van der Waals surface area contributed by atoms with Gasteiger partial charge in [-0.05, 0) is 77.9 Å². The third-order valence-corrected chi connectivity index (χ3v) is 12.2. The minimum atomic E-state index is -1.03. The molecule has 0 bridgehead atoms. The summed E-state index contributed by atoms with van der Waals surface area (Å²) >= 11 is 0. The van der Waals surface area contributed by atoms with Crippen LogP contribution >= 0.6 is 0 Å². The lowest BCUT2D eigenvalue weighted by molar-refractivity contribution is -0.136. The van der Waals surface area contributed by atoms with Crippen LogP contribution in [0.15, 0.2) is 85.3 Å². The second kappa shape index (κ2) is 16.7. The SMILES string of the molecule is CC(C)(C)c1c(OCCOCCN2CCN(c3ccc(-n4cc(-c5ccc6c(c5)CCC6=O)c(-c5ccncc5)n4)cc3)CC2)ccc2c1C(=O)N(C1CCC(=O)NC1=O)C2=O. The molecule has 0 radical (unpaired) electrons. The lowest BCUT2D eigenvalue weighted by Crippen LogP contribution is -2.54. The summed E-state index contributed by atoms with van der Waals surface area (Å²) in [5, 5.41) is 7.29. The fourth-order valence-electron chi connectivity index (χ4n) is 9.02. The number of ketones is 1. The first kappa shape index (κ1) is 40.9. The molecule has 318 valence electrons. The van der Waals surface area contributed by atoms with Gasteiger partial charge in [0.1, 0.15) is 24.1 Å². The highest BCUT2D eigenvalue weighted by molar-refractivity contribution is 6.24. The van der Waals surface area contributed by atoms with Crippen LogP contribution in [0, 0.1) is 0 Å². The molecule has 2 saturated heterocycles. The van der Waals surface area contributed by atoms with Crippen LogP contribution in [0.4, 0.5) is 5.69 Å². The Bertz CT molecular complexity index is 2570. The Morgan fingerprint density at radius 2 is 1.48 bits per heavy atom. The number of fused-ring (bicyclic) bond motifs is 2. The number of pyridine rings is 1. The van der Waals surface area contributed by atoms with Crippen LogP contribution in [0.2, 0.25) is 0 Å². The molecule has 62 heavy (non-hydrogen) atoms. The van der Waals surface area contributed by atoms with E-state index in [-0.39, 0.29) is 36.4 Å². The van der Waals surface area contributed by atoms with Crippen LogP contribution in [0.3, 0.4) is 0 Å². The molecule has 5 aromatic rings. The van der Waals surface area contributed by atoms with Crippen molar-refractivity contribution in [3.05, 3.63) is 113 Å². The Kier molecular flexibility index (Phi) is 11.0. The van der Waals surface area contributed by atoms with E-state index in [1.165, 1.54) is 0 Å². The molecule has 1 N–H and O–H groups in total. The maximum absolute atomic E-state index is 13.8. The second-order valence-corrected chi connectivity index (χ2v) is 17.2. The standard InChI is InChI=1S/C48H49N7O7/c1-48(2,3)43-40(14-11-36-42(43)47(60)55(46(36)59)38-12-15-41(57)50-45(38)58)62-27-26-61-25-24-52-20-22-53(23-21-52)33-6-8-34(9-7-33)54-29-37(44(51-54)30-16-18-49-19-17-30)32-4-10-35-31(28-32)5-13-39(35)56/h4,6-11,14,16-19,28-29,38H,5,12-13,15,20-27H2,1-3H3,(H,50,57,58). The van der Waals surface area contributed by atoms with Gasteiger partial charge in [-0.15, -0.1) is 0 Å². The van der Waals surface area contributed by atoms with Crippen molar-refractivity contribution in [3.8, 4) is 33.8 Å². The van der Waals surface area contributed by atoms with Gasteiger partial charge in [-0.2, -0.15) is 5.10 Å². The summed E-state index contributed by atoms with van der Waals surface area (Å²) in [5.41, 5.74) is 8.44. The molecule has 3 aliphatic heterocycles. The first-order valence-electron chi connectivity index (χ1n) is 21.3. The highest BCUT2D eigenvalue weighted by Gasteiger charge is 2.47. The highest BCUT2D eigenvalue weighted by Crippen LogP contribution is 2.41. The summed E-state index contributed by atoms with van der Waals surface area (Å²) in [4.78, 5) is 73.8. The molecule has 9 rings (SSSR count). The van der Waals surface area contributed by atoms with Gasteiger partial charge in [0.15, 0.2) is 5.78 Å². The number of hydrogen-bond acceptors (Lipinski definition) is 11. The average molecular weight is 836 g/mol. The number of benzene rings is 3. The van der Waals surface area contributed by atoms with E-state index in [0.29, 0.717) is 30.9 Å². The zero-order valence-corrected chi connectivity index (χ0v) is 35.2. The molecule has 4 aliphatic rings. The van der Waals surface area contributed by atoms with Crippen LogP contribution in [-0.4, -0.2) is 113 Å². The molecule has 0 spiro atoms. The molecular formula is C48H49N7O7. The molecule has 1 aliphatic carbocycles. The van der Waals surface area contributed by atoms with Crippen LogP contribution in [0.5, 0.6) is 5.75 Å². The van der Waals surface area contributed by atoms with Gasteiger partial charge in [0, 0.05) is 92.1 Å². The highest BCUT2D eigenvalue weighted by atomic mass is 16.5. The molecule has 0 saturated carbocycles. The van der Waals surface area contributed by atoms with Gasteiger partial charge < -0.3 is 14.4 Å². The van der Waals surface area contributed by atoms with E-state index in [1.807, 2.05) is 49.7 Å². The van der Waals surface area contributed by atoms with Crippen molar-refractivity contribution >= 4 is 35.1 Å². The number of imide groups is 2. The number of piperidine rings is 1. The molecule has 3 aromatic carbocycles. The fourth-order valence-corrected chi connectivity index (χ4v) is 9.02. The number of carbonyl (C=O) groups excluding carboxylic acids is 5. The number of ether oxygens (including phenoxy) is 2. The number of Topliss-reactive ketones (excluding diaryl/α,β-unsaturated/α-hetero) is 1. The summed E-state index contributed by atoms with van der Waals surface area (Å²) in [5.74, 6) is -1.43. The van der Waals surface area contributed by atoms with Crippen molar-refractivity contribution in [1.29, 1.82) is 0 Å². The topological polar surface area (TPSA) is 156 Å². The number of amides is 4. The molecule has 1 atom stereocenters. The maximum Gasteiger partial charge on any atom is 0.262 e. The van der Waals surface area contributed by atoms with Crippen LogP contribution in [-0.2, 0) is 26.2 Å². The minimum Gasteiger partial charge on any atom is -0.491 e. The van der Waals surface area contributed by atoms with Crippen molar-refractivity contribution in [2.45, 2.75) is 57.9 Å². The minimum absolute atomic E-state index is 0.0601. The number of piperazine rings is 1. The van der Waals surface area contributed by atoms with Gasteiger partial charge in [-0.25, -0.2) is 4.68 Å². The summed E-state index contributed by atoms with van der Waals surface area (Å²) in [6.45, 7) is 11.4. The average Bonchev–Trinajstić information content (AvgIpc) is 3.95. The van der Waals surface area contributed by atoms with E-state index in [9.17, 15) is 24.0 Å². The van der Waals surface area contributed by atoms with Gasteiger partial charge in [-0.1, -0.05) is 39.0 Å². The zero-order valence-electron chi connectivity index (χ0n) is 35.2. The zero-order chi connectivity index (χ0) is 43.1. The molecule has 14 heteroatoms. The Morgan fingerprint density at radius 3 is 2.23 bits per heavy atom. The van der Waals surface area contributed by atoms with Crippen molar-refractivity contribution in [2.75, 3.05) is 57.4 Å². The Hall–Kier alpha value is -6.51. The third kappa shape index (κ3) is 7.91. The van der Waals surface area contributed by atoms with E-state index in [1.54, 1.807) is 24.5 Å². The molecule has 5 heterocycles. The lowest BCUT2D eigenvalue weighted by Gasteiger charge is -2.36. The van der Waals surface area contributed by atoms with Gasteiger partial charge in [0.2, 0.25) is 11.8 Å². The maximum atomic E-state index is 13.8. The molecule has 2 aromatic heterocycles. The second-order valence-electron chi connectivity index (χ2n) is 17.2. The van der Waals surface area contributed by atoms with Gasteiger partial charge in [0.05, 0.1) is 30.0 Å². The molecular weight excluding hydrogens is 787 g/mol.